The van der Waals surface area contributed by atoms with Crippen LogP contribution in [0.25, 0.3) is 5.69 Å². The molecular formula is C12H14N6O2. The number of hydrogen-bond donors (Lipinski definition) is 2. The molecule has 1 aliphatic rings. The third-order valence-corrected chi connectivity index (χ3v) is 3.27. The molecular weight excluding hydrogens is 260 g/mol. The van der Waals surface area contributed by atoms with Gasteiger partial charge in [0, 0.05) is 5.69 Å². The van der Waals surface area contributed by atoms with Crippen molar-refractivity contribution in [3.8, 4) is 11.4 Å². The number of tetrazole rings is 1. The maximum Gasteiger partial charge on any atom is 0.244 e. The number of benzene rings is 1. The van der Waals surface area contributed by atoms with Gasteiger partial charge in [-0.25, -0.2) is 0 Å². The van der Waals surface area contributed by atoms with Crippen molar-refractivity contribution >= 4 is 11.6 Å². The van der Waals surface area contributed by atoms with Crippen molar-refractivity contribution in [3.63, 3.8) is 0 Å². The van der Waals surface area contributed by atoms with E-state index < -0.39 is 5.54 Å². The van der Waals surface area contributed by atoms with Crippen molar-refractivity contribution in [3.05, 3.63) is 24.5 Å². The lowest BCUT2D eigenvalue weighted by Gasteiger charge is -2.13. The van der Waals surface area contributed by atoms with E-state index in [4.69, 9.17) is 10.5 Å². The van der Waals surface area contributed by atoms with Gasteiger partial charge in [0.1, 0.15) is 17.8 Å². The number of ether oxygens (including phenoxy) is 1. The van der Waals surface area contributed by atoms with Crippen LogP contribution in [0.5, 0.6) is 5.75 Å². The van der Waals surface area contributed by atoms with Crippen molar-refractivity contribution in [1.29, 1.82) is 0 Å². The second kappa shape index (κ2) is 4.57. The summed E-state index contributed by atoms with van der Waals surface area (Å²) in [4.78, 5) is 11.9. The monoisotopic (exact) mass is 274 g/mol. The fraction of sp³-hybridized carbons (Fsp3) is 0.333. The van der Waals surface area contributed by atoms with Gasteiger partial charge in [0.25, 0.3) is 0 Å². The number of nitrogens with one attached hydrogen (secondary N) is 1. The minimum absolute atomic E-state index is 0.176. The van der Waals surface area contributed by atoms with Crippen LogP contribution in [0.2, 0.25) is 0 Å². The summed E-state index contributed by atoms with van der Waals surface area (Å²) >= 11 is 0. The van der Waals surface area contributed by atoms with E-state index in [9.17, 15) is 4.79 Å². The van der Waals surface area contributed by atoms with Crippen LogP contribution in [-0.2, 0) is 4.79 Å². The summed E-state index contributed by atoms with van der Waals surface area (Å²) < 4.78 is 6.72. The molecule has 104 valence electrons. The smallest absolute Gasteiger partial charge is 0.244 e. The highest BCUT2D eigenvalue weighted by atomic mass is 16.5. The number of carbonyl (C=O) groups excluding carboxylic acids is 1. The first-order valence-electron chi connectivity index (χ1n) is 6.14. The maximum absolute atomic E-state index is 11.9. The summed E-state index contributed by atoms with van der Waals surface area (Å²) in [5.41, 5.74) is 6.40. The Bertz CT molecular complexity index is 635. The molecule has 1 heterocycles. The van der Waals surface area contributed by atoms with E-state index >= 15 is 0 Å². The van der Waals surface area contributed by atoms with E-state index in [1.807, 2.05) is 0 Å². The fourth-order valence-electron chi connectivity index (χ4n) is 1.84. The lowest BCUT2D eigenvalue weighted by atomic mass is 10.2. The first kappa shape index (κ1) is 12.5. The molecule has 1 aliphatic carbocycles. The van der Waals surface area contributed by atoms with Gasteiger partial charge in [0.05, 0.1) is 12.6 Å². The second-order valence-electron chi connectivity index (χ2n) is 4.75. The lowest BCUT2D eigenvalue weighted by molar-refractivity contribution is -0.118. The highest BCUT2D eigenvalue weighted by Crippen LogP contribution is 2.34. The highest BCUT2D eigenvalue weighted by Gasteiger charge is 2.45. The van der Waals surface area contributed by atoms with Gasteiger partial charge in [-0.05, 0) is 41.5 Å². The number of amides is 1. The van der Waals surface area contributed by atoms with E-state index in [-0.39, 0.29) is 5.91 Å². The van der Waals surface area contributed by atoms with Crippen LogP contribution < -0.4 is 15.8 Å². The predicted octanol–water partition coefficient (Wildman–Crippen LogP) is 0.101. The first-order valence-corrected chi connectivity index (χ1v) is 6.14. The molecule has 2 aromatic rings. The Hall–Kier alpha value is -2.48. The van der Waals surface area contributed by atoms with Gasteiger partial charge in [-0.15, -0.1) is 5.10 Å². The number of nitrogens with two attached hydrogens (primary N) is 1. The van der Waals surface area contributed by atoms with Crippen LogP contribution in [-0.4, -0.2) is 38.8 Å². The standard InChI is InChI=1S/C12H14N6O2/c1-20-10-3-2-8(15-11(19)12(13)4-5-12)6-9(10)18-7-14-16-17-18/h2-3,6-7H,4-5,13H2,1H3,(H,15,19). The Morgan fingerprint density at radius 1 is 1.50 bits per heavy atom. The molecule has 20 heavy (non-hydrogen) atoms. The van der Waals surface area contributed by atoms with Gasteiger partial charge in [-0.2, -0.15) is 4.68 Å². The van der Waals surface area contributed by atoms with Crippen molar-refractivity contribution in [2.24, 2.45) is 5.73 Å². The molecule has 0 radical (unpaired) electrons. The molecule has 1 fully saturated rings. The van der Waals surface area contributed by atoms with E-state index in [2.05, 4.69) is 20.8 Å². The van der Waals surface area contributed by atoms with E-state index in [1.54, 1.807) is 25.3 Å². The molecule has 0 unspecified atom stereocenters. The highest BCUT2D eigenvalue weighted by molar-refractivity contribution is 6.00. The number of nitrogens with zero attached hydrogens (tertiary/aromatic N) is 4. The third kappa shape index (κ3) is 2.21. The van der Waals surface area contributed by atoms with Crippen LogP contribution in [0.15, 0.2) is 24.5 Å². The lowest BCUT2D eigenvalue weighted by Crippen LogP contribution is -2.37. The van der Waals surface area contributed by atoms with Gasteiger partial charge >= 0.3 is 0 Å². The zero-order valence-corrected chi connectivity index (χ0v) is 10.9. The largest absolute Gasteiger partial charge is 0.494 e. The molecule has 0 saturated heterocycles. The maximum atomic E-state index is 11.9. The van der Waals surface area contributed by atoms with E-state index in [0.29, 0.717) is 17.1 Å². The van der Waals surface area contributed by atoms with Crippen molar-refractivity contribution in [2.45, 2.75) is 18.4 Å². The molecule has 0 atom stereocenters. The van der Waals surface area contributed by atoms with Gasteiger partial charge in [0.2, 0.25) is 5.91 Å². The molecule has 3 rings (SSSR count). The summed E-state index contributed by atoms with van der Waals surface area (Å²) in [6.45, 7) is 0. The minimum Gasteiger partial charge on any atom is -0.494 e. The van der Waals surface area contributed by atoms with Crippen molar-refractivity contribution in [2.75, 3.05) is 12.4 Å². The molecule has 1 aromatic carbocycles. The van der Waals surface area contributed by atoms with Crippen LogP contribution >= 0.6 is 0 Å². The van der Waals surface area contributed by atoms with Crippen molar-refractivity contribution < 1.29 is 9.53 Å². The number of anilines is 1. The number of aromatic nitrogens is 4. The predicted molar refractivity (Wildman–Crippen MR) is 70.5 cm³/mol. The minimum atomic E-state index is -0.713. The van der Waals surface area contributed by atoms with Gasteiger partial charge < -0.3 is 15.8 Å². The number of rotatable bonds is 4. The van der Waals surface area contributed by atoms with Crippen molar-refractivity contribution in [1.82, 2.24) is 20.2 Å². The third-order valence-electron chi connectivity index (χ3n) is 3.27. The van der Waals surface area contributed by atoms with Crippen LogP contribution in [0.3, 0.4) is 0 Å². The normalized spacial score (nSPS) is 15.7. The molecule has 0 bridgehead atoms. The molecule has 0 aliphatic heterocycles. The molecule has 3 N–H and O–H groups in total. The summed E-state index contributed by atoms with van der Waals surface area (Å²) in [5, 5.41) is 13.8. The van der Waals surface area contributed by atoms with E-state index in [1.165, 1.54) is 11.0 Å². The Morgan fingerprint density at radius 3 is 2.90 bits per heavy atom. The van der Waals surface area contributed by atoms with E-state index in [0.717, 1.165) is 12.8 Å². The zero-order chi connectivity index (χ0) is 14.2. The van der Waals surface area contributed by atoms with Gasteiger partial charge in [0.15, 0.2) is 0 Å². The topological polar surface area (TPSA) is 108 Å². The quantitative estimate of drug-likeness (QED) is 0.818. The van der Waals surface area contributed by atoms with Crippen LogP contribution in [0.4, 0.5) is 5.69 Å². The zero-order valence-electron chi connectivity index (χ0n) is 10.9. The second-order valence-corrected chi connectivity index (χ2v) is 4.75. The fourth-order valence-corrected chi connectivity index (χ4v) is 1.84. The Kier molecular flexibility index (Phi) is 2.87. The first-order chi connectivity index (χ1) is 9.62. The molecule has 8 nitrogen and oxygen atoms in total. The Balaban J connectivity index is 1.90. The number of hydrogen-bond acceptors (Lipinski definition) is 6. The average Bonchev–Trinajstić information content (AvgIpc) is 3.00. The Labute approximate surface area is 114 Å². The summed E-state index contributed by atoms with van der Waals surface area (Å²) in [7, 11) is 1.56. The Morgan fingerprint density at radius 2 is 2.30 bits per heavy atom. The van der Waals surface area contributed by atoms with Crippen LogP contribution in [0, 0.1) is 0 Å². The van der Waals surface area contributed by atoms with Crippen LogP contribution in [0.1, 0.15) is 12.8 Å². The SMILES string of the molecule is COc1ccc(NC(=O)C2(N)CC2)cc1-n1cnnn1. The number of carbonyl (C=O) groups is 1. The van der Waals surface area contributed by atoms with Gasteiger partial charge in [-0.3, -0.25) is 4.79 Å². The summed E-state index contributed by atoms with van der Waals surface area (Å²) in [5.74, 6) is 0.425. The summed E-state index contributed by atoms with van der Waals surface area (Å²) in [6.07, 6.45) is 2.89. The van der Waals surface area contributed by atoms with Gasteiger partial charge in [-0.1, -0.05) is 0 Å². The molecule has 1 saturated carbocycles. The summed E-state index contributed by atoms with van der Waals surface area (Å²) in [6, 6.07) is 5.22. The average molecular weight is 274 g/mol. The molecule has 1 aromatic heterocycles. The molecule has 8 heteroatoms. The molecule has 1 amide bonds. The number of methoxy groups -OCH3 is 1. The molecule has 0 spiro atoms.